The number of hydrogen-bond acceptors (Lipinski definition) is 3. The summed E-state index contributed by atoms with van der Waals surface area (Å²) in [7, 11) is -4.48. The maximum atomic E-state index is 11.6. The first kappa shape index (κ1) is 14.6. The molecule has 90 valence electrons. The molecular weight excluding hydrogens is 219 g/mol. The molecule has 0 unspecified atom stereocenters. The summed E-state index contributed by atoms with van der Waals surface area (Å²) in [6, 6.07) is 0. The van der Waals surface area contributed by atoms with Crippen molar-refractivity contribution in [3.63, 3.8) is 0 Å². The Labute approximate surface area is 90.0 Å². The van der Waals surface area contributed by atoms with Crippen LogP contribution in [0.4, 0.5) is 0 Å². The van der Waals surface area contributed by atoms with Gasteiger partial charge in [-0.2, -0.15) is 0 Å². The predicted molar refractivity (Wildman–Crippen MR) is 56.6 cm³/mol. The molecule has 15 heavy (non-hydrogen) atoms. The van der Waals surface area contributed by atoms with Gasteiger partial charge >= 0.3 is 13.6 Å². The van der Waals surface area contributed by atoms with Crippen LogP contribution in [0.25, 0.3) is 0 Å². The van der Waals surface area contributed by atoms with Gasteiger partial charge in [0.15, 0.2) is 5.16 Å². The topological polar surface area (TPSA) is 83.8 Å². The normalized spacial score (nSPS) is 12.6. The van der Waals surface area contributed by atoms with Crippen LogP contribution < -0.4 is 0 Å². The van der Waals surface area contributed by atoms with Gasteiger partial charge in [0.2, 0.25) is 0 Å². The van der Waals surface area contributed by atoms with Gasteiger partial charge < -0.3 is 14.5 Å². The third-order valence-corrected chi connectivity index (χ3v) is 4.47. The summed E-state index contributed by atoms with van der Waals surface area (Å²) in [6.45, 7) is 5.18. The van der Waals surface area contributed by atoms with Crippen molar-refractivity contribution in [2.75, 3.05) is 6.61 Å². The van der Waals surface area contributed by atoms with E-state index in [1.54, 1.807) is 13.8 Å². The average Bonchev–Trinajstić information content (AvgIpc) is 2.15. The van der Waals surface area contributed by atoms with Crippen LogP contribution >= 0.6 is 7.60 Å². The van der Waals surface area contributed by atoms with Crippen LogP contribution in [-0.2, 0) is 14.1 Å². The van der Waals surface area contributed by atoms with E-state index in [-0.39, 0.29) is 19.4 Å². The molecule has 2 N–H and O–H groups in total. The molecule has 0 radical (unpaired) electrons. The zero-order valence-electron chi connectivity index (χ0n) is 9.39. The molecular formula is C9H19O5P. The van der Waals surface area contributed by atoms with Crippen LogP contribution in [0.2, 0.25) is 0 Å². The van der Waals surface area contributed by atoms with Gasteiger partial charge in [-0.15, -0.1) is 0 Å². The molecule has 0 heterocycles. The fourth-order valence-corrected chi connectivity index (χ4v) is 2.52. The Hall–Kier alpha value is -0.380. The maximum absolute atomic E-state index is 11.6. The van der Waals surface area contributed by atoms with Gasteiger partial charge in [-0.3, -0.25) is 9.36 Å². The minimum absolute atomic E-state index is 0.0797. The van der Waals surface area contributed by atoms with E-state index < -0.39 is 18.7 Å². The molecule has 6 heteroatoms. The van der Waals surface area contributed by atoms with Crippen molar-refractivity contribution in [1.82, 2.24) is 0 Å². The third-order valence-electron chi connectivity index (χ3n) is 2.54. The summed E-state index contributed by atoms with van der Waals surface area (Å²) in [5.74, 6) is -0.789. The van der Waals surface area contributed by atoms with Crippen molar-refractivity contribution < 1.29 is 23.9 Å². The predicted octanol–water partition coefficient (Wildman–Crippen LogP) is 1.68. The Morgan fingerprint density at radius 3 is 2.00 bits per heavy atom. The van der Waals surface area contributed by atoms with Crippen LogP contribution in [0.3, 0.4) is 0 Å². The summed E-state index contributed by atoms with van der Waals surface area (Å²) in [5, 5.41) is -1.66. The molecule has 0 aromatic carbocycles. The number of esters is 1. The van der Waals surface area contributed by atoms with Crippen molar-refractivity contribution in [3.05, 3.63) is 0 Å². The van der Waals surface area contributed by atoms with E-state index in [0.717, 1.165) is 0 Å². The van der Waals surface area contributed by atoms with Crippen LogP contribution in [0.5, 0.6) is 0 Å². The molecule has 0 aliphatic heterocycles. The summed E-state index contributed by atoms with van der Waals surface area (Å²) in [4.78, 5) is 30.0. The van der Waals surface area contributed by atoms with Crippen molar-refractivity contribution in [3.8, 4) is 0 Å². The fourth-order valence-electron chi connectivity index (χ4n) is 1.40. The highest BCUT2D eigenvalue weighted by molar-refractivity contribution is 7.54. The van der Waals surface area contributed by atoms with Gasteiger partial charge in [0.1, 0.15) is 0 Å². The molecule has 0 aromatic heterocycles. The van der Waals surface area contributed by atoms with Crippen LogP contribution in [0.1, 0.15) is 40.0 Å². The first-order chi connectivity index (χ1) is 6.85. The highest BCUT2D eigenvalue weighted by atomic mass is 31.2. The maximum Gasteiger partial charge on any atom is 0.342 e. The average molecular weight is 238 g/mol. The Balaban J connectivity index is 4.94. The van der Waals surface area contributed by atoms with E-state index in [1.165, 1.54) is 0 Å². The summed E-state index contributed by atoms with van der Waals surface area (Å²) >= 11 is 0. The molecule has 0 saturated carbocycles. The Morgan fingerprint density at radius 1 is 1.27 bits per heavy atom. The second kappa shape index (κ2) is 5.64. The van der Waals surface area contributed by atoms with Crippen molar-refractivity contribution >= 4 is 13.6 Å². The van der Waals surface area contributed by atoms with Gasteiger partial charge in [0, 0.05) is 0 Å². The lowest BCUT2D eigenvalue weighted by Gasteiger charge is -2.29. The molecule has 0 fully saturated rings. The zero-order valence-corrected chi connectivity index (χ0v) is 10.3. The quantitative estimate of drug-likeness (QED) is 0.543. The van der Waals surface area contributed by atoms with E-state index in [9.17, 15) is 19.1 Å². The lowest BCUT2D eigenvalue weighted by molar-refractivity contribution is -0.147. The monoisotopic (exact) mass is 238 g/mol. The lowest BCUT2D eigenvalue weighted by atomic mass is 10.0. The number of hydrogen-bond donors (Lipinski definition) is 2. The number of rotatable bonds is 6. The lowest BCUT2D eigenvalue weighted by Crippen LogP contribution is -2.39. The number of carbonyl (C=O) groups excluding carboxylic acids is 1. The van der Waals surface area contributed by atoms with Crippen LogP contribution in [0, 0.1) is 0 Å². The second-order valence-corrected chi connectivity index (χ2v) is 5.36. The largest absolute Gasteiger partial charge is 0.465 e. The molecule has 0 aromatic rings. The minimum Gasteiger partial charge on any atom is -0.465 e. The summed E-state index contributed by atoms with van der Waals surface area (Å²) < 4.78 is 16.1. The van der Waals surface area contributed by atoms with E-state index in [1.807, 2.05) is 6.92 Å². The molecule has 0 rings (SSSR count). The van der Waals surface area contributed by atoms with Gasteiger partial charge in [-0.1, -0.05) is 20.8 Å². The molecule has 0 bridgehead atoms. The third kappa shape index (κ3) is 3.03. The van der Waals surface area contributed by atoms with E-state index >= 15 is 0 Å². The van der Waals surface area contributed by atoms with Gasteiger partial charge in [-0.05, 0) is 19.3 Å². The highest BCUT2D eigenvalue weighted by Gasteiger charge is 2.51. The number of carbonyl (C=O) groups is 1. The van der Waals surface area contributed by atoms with Crippen molar-refractivity contribution in [2.24, 2.45) is 0 Å². The van der Waals surface area contributed by atoms with Gasteiger partial charge in [-0.25, -0.2) is 0 Å². The Morgan fingerprint density at radius 2 is 1.73 bits per heavy atom. The molecule has 5 nitrogen and oxygen atoms in total. The molecule has 0 aliphatic carbocycles. The fraction of sp³-hybridized carbons (Fsp3) is 0.889. The molecule has 0 saturated heterocycles. The van der Waals surface area contributed by atoms with Crippen LogP contribution in [0.15, 0.2) is 0 Å². The standard InChI is InChI=1S/C9H19O5P/c1-4-7-14-8(10)9(5-2,6-3)15(11,12)13/h4-7H2,1-3H3,(H2,11,12,13). The van der Waals surface area contributed by atoms with Gasteiger partial charge in [0.25, 0.3) is 0 Å². The first-order valence-electron chi connectivity index (χ1n) is 5.08. The van der Waals surface area contributed by atoms with Gasteiger partial charge in [0.05, 0.1) is 6.61 Å². The number of ether oxygens (including phenoxy) is 1. The summed E-state index contributed by atoms with van der Waals surface area (Å²) in [5.41, 5.74) is 0. The highest BCUT2D eigenvalue weighted by Crippen LogP contribution is 2.55. The Kier molecular flexibility index (Phi) is 5.49. The zero-order chi connectivity index (χ0) is 12.1. The molecule has 0 spiro atoms. The summed E-state index contributed by atoms with van der Waals surface area (Å²) in [6.07, 6.45) is 0.795. The molecule has 0 atom stereocenters. The van der Waals surface area contributed by atoms with Crippen molar-refractivity contribution in [2.45, 2.75) is 45.2 Å². The minimum atomic E-state index is -4.48. The van der Waals surface area contributed by atoms with E-state index in [0.29, 0.717) is 6.42 Å². The molecule has 0 amide bonds. The van der Waals surface area contributed by atoms with E-state index in [4.69, 9.17) is 4.74 Å². The van der Waals surface area contributed by atoms with Crippen LogP contribution in [-0.4, -0.2) is 27.5 Å². The molecule has 0 aliphatic rings. The SMILES string of the molecule is CCCOC(=O)C(CC)(CC)P(=O)(O)O. The first-order valence-corrected chi connectivity index (χ1v) is 6.69. The van der Waals surface area contributed by atoms with Crippen molar-refractivity contribution in [1.29, 1.82) is 0 Å². The smallest absolute Gasteiger partial charge is 0.342 e. The Bertz CT molecular complexity index is 253. The second-order valence-electron chi connectivity index (χ2n) is 3.42. The van der Waals surface area contributed by atoms with E-state index in [2.05, 4.69) is 0 Å².